The topological polar surface area (TPSA) is 47.8 Å². The Bertz CT molecular complexity index is 1700. The normalized spacial score (nSPS) is 12.0. The maximum absolute atomic E-state index is 13.5. The number of hydrogen-bond donors (Lipinski definition) is 0. The van der Waals surface area contributed by atoms with Crippen LogP contribution in [0.3, 0.4) is 0 Å². The van der Waals surface area contributed by atoms with Crippen LogP contribution in [0.2, 0.25) is 5.02 Å². The molecule has 4 aromatic carbocycles. The fourth-order valence-electron chi connectivity index (χ4n) is 4.45. The van der Waals surface area contributed by atoms with Crippen LogP contribution in [0.25, 0.3) is 22.5 Å². The van der Waals surface area contributed by atoms with Gasteiger partial charge in [0.2, 0.25) is 0 Å². The Morgan fingerprint density at radius 2 is 1.29 bits per heavy atom. The number of hydrogen-bond acceptors (Lipinski definition) is 3. The first-order valence-corrected chi connectivity index (χ1v) is 12.5. The molecule has 0 spiro atoms. The van der Waals surface area contributed by atoms with Gasteiger partial charge in [0.25, 0.3) is 0 Å². The zero-order valence-electron chi connectivity index (χ0n) is 20.8. The fourth-order valence-corrected chi connectivity index (χ4v) is 4.67. The first-order valence-electron chi connectivity index (χ1n) is 12.1. The van der Waals surface area contributed by atoms with Crippen molar-refractivity contribution in [3.8, 4) is 22.5 Å². The molecule has 0 unspecified atom stereocenters. The van der Waals surface area contributed by atoms with Crippen LogP contribution < -0.4 is 0 Å². The first-order chi connectivity index (χ1) is 19.4. The number of carbonyl (C=O) groups is 1. The molecule has 0 aliphatic heterocycles. The van der Waals surface area contributed by atoms with E-state index in [2.05, 4.69) is 10.3 Å². The van der Waals surface area contributed by atoms with Gasteiger partial charge in [-0.1, -0.05) is 83.5 Å². The molecule has 11 heteroatoms. The van der Waals surface area contributed by atoms with E-state index < -0.39 is 35.8 Å². The highest BCUT2D eigenvalue weighted by atomic mass is 35.5. The van der Waals surface area contributed by atoms with Crippen molar-refractivity contribution in [2.45, 2.75) is 18.9 Å². The lowest BCUT2D eigenvalue weighted by molar-refractivity contribution is -0.143. The van der Waals surface area contributed by atoms with Gasteiger partial charge in [0.15, 0.2) is 5.78 Å². The molecule has 0 atom stereocenters. The smallest absolute Gasteiger partial charge is 0.289 e. The molecule has 5 rings (SSSR count). The monoisotopic (exact) mass is 585 g/mol. The lowest BCUT2D eigenvalue weighted by atomic mass is 9.94. The van der Waals surface area contributed by atoms with E-state index in [0.717, 1.165) is 0 Å². The summed E-state index contributed by atoms with van der Waals surface area (Å²) in [4.78, 5) is 13.5. The summed E-state index contributed by atoms with van der Waals surface area (Å²) in [6.07, 6.45) is -9.99. The number of aromatic nitrogens is 3. The van der Waals surface area contributed by atoms with Gasteiger partial charge in [0.05, 0.1) is 28.4 Å². The van der Waals surface area contributed by atoms with Crippen LogP contribution in [-0.2, 0) is 18.9 Å². The molecule has 1 aromatic heterocycles. The third-order valence-electron chi connectivity index (χ3n) is 6.31. The van der Waals surface area contributed by atoms with Gasteiger partial charge in [-0.3, -0.25) is 4.79 Å². The highest BCUT2D eigenvalue weighted by Crippen LogP contribution is 2.38. The molecule has 0 fully saturated rings. The van der Waals surface area contributed by atoms with Gasteiger partial charge in [-0.05, 0) is 35.9 Å². The summed E-state index contributed by atoms with van der Waals surface area (Å²) >= 11 is 6.27. The van der Waals surface area contributed by atoms with Crippen LogP contribution in [0.4, 0.5) is 26.3 Å². The van der Waals surface area contributed by atoms with E-state index >= 15 is 0 Å². The van der Waals surface area contributed by atoms with Crippen molar-refractivity contribution in [2.75, 3.05) is 0 Å². The summed E-state index contributed by atoms with van der Waals surface area (Å²) in [6.45, 7) is -0.454. The summed E-state index contributed by atoms with van der Waals surface area (Å²) in [5.74, 6) is -0.396. The quantitative estimate of drug-likeness (QED) is 0.148. The molecular weight excluding hydrogens is 568 g/mol. The predicted octanol–water partition coefficient (Wildman–Crippen LogP) is 8.58. The maximum atomic E-state index is 13.5. The van der Waals surface area contributed by atoms with Crippen LogP contribution in [0.15, 0.2) is 97.1 Å². The minimum atomic E-state index is -5.00. The highest BCUT2D eigenvalue weighted by molar-refractivity contribution is 6.35. The molecule has 0 aliphatic rings. The molecule has 5 aromatic rings. The minimum absolute atomic E-state index is 0.0744. The number of benzene rings is 4. The Morgan fingerprint density at radius 3 is 1.90 bits per heavy atom. The lowest BCUT2D eigenvalue weighted by Crippen LogP contribution is -2.13. The van der Waals surface area contributed by atoms with E-state index in [1.807, 2.05) is 0 Å². The minimum Gasteiger partial charge on any atom is -0.289 e. The van der Waals surface area contributed by atoms with Gasteiger partial charge in [0.1, 0.15) is 5.69 Å². The molecule has 0 saturated heterocycles. The molecule has 0 N–H and O–H groups in total. The average Bonchev–Trinajstić information content (AvgIpc) is 3.35. The first kappa shape index (κ1) is 28.1. The summed E-state index contributed by atoms with van der Waals surface area (Å²) in [7, 11) is 0. The molecule has 0 bridgehead atoms. The number of ketones is 1. The standard InChI is InChI=1S/C30H18ClF6N3O/c31-25-13-7-6-12-24(25)28(41)23-11-5-4-10-22(23)26-27(19-8-2-1-3-9-19)40(39-38-26)17-18-14-20(29(32,33)34)16-21(15-18)30(35,36)37/h1-16H,17H2. The molecule has 0 saturated carbocycles. The van der Waals surface area contributed by atoms with Crippen LogP contribution in [-0.4, -0.2) is 20.8 Å². The van der Waals surface area contributed by atoms with Crippen molar-refractivity contribution < 1.29 is 31.1 Å². The molecule has 0 amide bonds. The van der Waals surface area contributed by atoms with E-state index in [0.29, 0.717) is 29.0 Å². The van der Waals surface area contributed by atoms with Gasteiger partial charge in [-0.15, -0.1) is 5.10 Å². The maximum Gasteiger partial charge on any atom is 0.416 e. The summed E-state index contributed by atoms with van der Waals surface area (Å²) in [6, 6.07) is 23.0. The third kappa shape index (κ3) is 5.88. The molecule has 208 valence electrons. The van der Waals surface area contributed by atoms with Crippen LogP contribution in [0, 0.1) is 0 Å². The number of nitrogens with zero attached hydrogens (tertiary/aromatic N) is 3. The molecular formula is C30H18ClF6N3O. The number of halogens is 7. The van der Waals surface area contributed by atoms with Gasteiger partial charge in [-0.25, -0.2) is 4.68 Å². The summed E-state index contributed by atoms with van der Waals surface area (Å²) in [5, 5.41) is 8.59. The van der Waals surface area contributed by atoms with Crippen molar-refractivity contribution in [2.24, 2.45) is 0 Å². The van der Waals surface area contributed by atoms with Gasteiger partial charge in [0, 0.05) is 22.3 Å². The summed E-state index contributed by atoms with van der Waals surface area (Å²) in [5.41, 5.74) is -1.23. The second kappa shape index (κ2) is 10.9. The van der Waals surface area contributed by atoms with Crippen LogP contribution in [0.1, 0.15) is 32.6 Å². The van der Waals surface area contributed by atoms with Gasteiger partial charge in [-0.2, -0.15) is 26.3 Å². The van der Waals surface area contributed by atoms with E-state index in [1.54, 1.807) is 78.9 Å². The van der Waals surface area contributed by atoms with Crippen molar-refractivity contribution in [3.05, 3.63) is 130 Å². The van der Waals surface area contributed by atoms with Crippen molar-refractivity contribution >= 4 is 17.4 Å². The molecule has 1 heterocycles. The highest BCUT2D eigenvalue weighted by Gasteiger charge is 2.37. The molecule has 41 heavy (non-hydrogen) atoms. The van der Waals surface area contributed by atoms with E-state index in [9.17, 15) is 31.1 Å². The average molecular weight is 586 g/mol. The zero-order valence-corrected chi connectivity index (χ0v) is 21.6. The number of carbonyl (C=O) groups excluding carboxylic acids is 1. The van der Waals surface area contributed by atoms with Crippen molar-refractivity contribution in [1.29, 1.82) is 0 Å². The Labute approximate surface area is 234 Å². The zero-order chi connectivity index (χ0) is 29.4. The number of rotatable bonds is 6. The van der Waals surface area contributed by atoms with Crippen LogP contribution in [0.5, 0.6) is 0 Å². The molecule has 0 aliphatic carbocycles. The SMILES string of the molecule is O=C(c1ccccc1Cl)c1ccccc1-c1nnn(Cc2cc(C(F)(F)F)cc(C(F)(F)F)c2)c1-c1ccccc1. The Hall–Kier alpha value is -4.44. The fraction of sp³-hybridized carbons (Fsp3) is 0.100. The van der Waals surface area contributed by atoms with E-state index in [1.165, 1.54) is 4.68 Å². The van der Waals surface area contributed by atoms with Crippen LogP contribution >= 0.6 is 11.6 Å². The summed E-state index contributed by atoms with van der Waals surface area (Å²) < 4.78 is 82.2. The Morgan fingerprint density at radius 1 is 0.732 bits per heavy atom. The second-order valence-corrected chi connectivity index (χ2v) is 9.49. The molecule has 0 radical (unpaired) electrons. The van der Waals surface area contributed by atoms with Crippen molar-refractivity contribution in [1.82, 2.24) is 15.0 Å². The largest absolute Gasteiger partial charge is 0.416 e. The Balaban J connectivity index is 1.67. The lowest BCUT2D eigenvalue weighted by Gasteiger charge is -2.15. The number of alkyl halides is 6. The second-order valence-electron chi connectivity index (χ2n) is 9.08. The Kier molecular flexibility index (Phi) is 7.44. The predicted molar refractivity (Wildman–Crippen MR) is 141 cm³/mol. The third-order valence-corrected chi connectivity index (χ3v) is 6.64. The van der Waals surface area contributed by atoms with Gasteiger partial charge >= 0.3 is 12.4 Å². The van der Waals surface area contributed by atoms with Crippen molar-refractivity contribution in [3.63, 3.8) is 0 Å². The molecule has 4 nitrogen and oxygen atoms in total. The van der Waals surface area contributed by atoms with Gasteiger partial charge < -0.3 is 0 Å². The van der Waals surface area contributed by atoms with E-state index in [4.69, 9.17) is 11.6 Å². The van der Waals surface area contributed by atoms with E-state index in [-0.39, 0.29) is 33.5 Å².